The fourth-order valence-corrected chi connectivity index (χ4v) is 8.42. The van der Waals surface area contributed by atoms with E-state index < -0.39 is 102 Å². The van der Waals surface area contributed by atoms with Gasteiger partial charge in [-0.3, -0.25) is 48.6 Å². The average molecular weight is 1020 g/mol. The number of aromatic amines is 2. The van der Waals surface area contributed by atoms with E-state index in [4.69, 9.17) is 16.9 Å². The Morgan fingerprint density at radius 1 is 0.770 bits per heavy atom. The molecule has 0 unspecified atom stereocenters. The second kappa shape index (κ2) is 28.7. The summed E-state index contributed by atoms with van der Waals surface area (Å²) in [7, 11) is 0. The van der Waals surface area contributed by atoms with Gasteiger partial charge in [-0.15, -0.1) is 0 Å². The molecule has 7 atom stereocenters. The Hall–Kier alpha value is -8.31. The molecule has 1 aliphatic heterocycles. The standard InChI is InChI=1S/C50H69N15O9/c1-3-4-16-37-45(70)63-39(23-31-26-57-34-17-9-8-15-33(31)34)47(72)60-35(43(51)68)18-10-11-20-55-42(67)25-41(65-44(69)36(59-29(2)66)19-12-21-56-50(52)53)49(74)64-40(24-32-27-54-28-58-32)48(73)62-38(46(71)61-37)22-30-13-6-5-7-14-30/h5-9,13-15,17,26-28,35-41,57H,3-4,10-12,16,18-25H2,1-2H3,(H2,51,68)(H,54,58)(H,55,67)(H,59,66)(H,60,72)(H,61,71)(H,62,73)(H,63,70)(H,64,74)(H,65,69)(H4,52,53,56)/t35-,36-,37+,38+,39-,40-,41-/m0/s1. The number of para-hydroxylation sites is 1. The van der Waals surface area contributed by atoms with Gasteiger partial charge in [0.25, 0.3) is 0 Å². The van der Waals surface area contributed by atoms with Gasteiger partial charge in [0.15, 0.2) is 5.96 Å². The summed E-state index contributed by atoms with van der Waals surface area (Å²) in [6, 6.07) is 6.84. The first kappa shape index (κ1) is 56.6. The van der Waals surface area contributed by atoms with Crippen molar-refractivity contribution in [2.75, 3.05) is 13.1 Å². The maximum atomic E-state index is 14.6. The van der Waals surface area contributed by atoms with Gasteiger partial charge in [0.1, 0.15) is 42.3 Å². The number of imidazole rings is 1. The molecule has 398 valence electrons. The third-order valence-electron chi connectivity index (χ3n) is 12.3. The number of nitrogens with one attached hydrogen (secondary N) is 12. The Labute approximate surface area is 428 Å². The first-order chi connectivity index (χ1) is 35.5. The number of guanidine groups is 1. The zero-order valence-electron chi connectivity index (χ0n) is 41.6. The highest BCUT2D eigenvalue weighted by atomic mass is 16.2. The number of nitrogens with two attached hydrogens (primary N) is 2. The van der Waals surface area contributed by atoms with Crippen LogP contribution in [0.2, 0.25) is 0 Å². The van der Waals surface area contributed by atoms with Crippen LogP contribution in [0.4, 0.5) is 0 Å². The quantitative estimate of drug-likeness (QED) is 0.0343. The molecule has 1 saturated heterocycles. The Morgan fingerprint density at radius 3 is 2.09 bits per heavy atom. The molecular weight excluding hydrogens is 955 g/mol. The monoisotopic (exact) mass is 1020 g/mol. The van der Waals surface area contributed by atoms with Crippen molar-refractivity contribution >= 4 is 70.0 Å². The smallest absolute Gasteiger partial charge is 0.243 e. The average Bonchev–Trinajstić information content (AvgIpc) is 4.04. The first-order valence-electron chi connectivity index (χ1n) is 24.8. The van der Waals surface area contributed by atoms with Crippen molar-refractivity contribution in [3.05, 3.63) is 90.1 Å². The number of primary amides is 1. The van der Waals surface area contributed by atoms with Crippen molar-refractivity contribution in [2.24, 2.45) is 11.5 Å². The number of benzene rings is 2. The maximum Gasteiger partial charge on any atom is 0.243 e. The maximum absolute atomic E-state index is 14.6. The second-order valence-corrected chi connectivity index (χ2v) is 18.2. The largest absolute Gasteiger partial charge is 0.370 e. The van der Waals surface area contributed by atoms with Crippen LogP contribution in [0, 0.1) is 5.41 Å². The van der Waals surface area contributed by atoms with Gasteiger partial charge in [-0.1, -0.05) is 68.3 Å². The molecule has 4 aromatic rings. The van der Waals surface area contributed by atoms with E-state index >= 15 is 0 Å². The van der Waals surface area contributed by atoms with Crippen LogP contribution >= 0.6 is 0 Å². The molecule has 0 aliphatic carbocycles. The van der Waals surface area contributed by atoms with Crippen LogP contribution in [0.25, 0.3) is 10.9 Å². The Morgan fingerprint density at radius 2 is 1.42 bits per heavy atom. The fraction of sp³-hybridized carbons (Fsp3) is 0.460. The highest BCUT2D eigenvalue weighted by molar-refractivity contribution is 5.99. The number of nitrogens with zero attached hydrogens (tertiary/aromatic N) is 1. The first-order valence-corrected chi connectivity index (χ1v) is 24.8. The number of hydrogen-bond acceptors (Lipinski definition) is 11. The lowest BCUT2D eigenvalue weighted by Crippen LogP contribution is -2.61. The van der Waals surface area contributed by atoms with Crippen LogP contribution < -0.4 is 59.3 Å². The van der Waals surface area contributed by atoms with Crippen LogP contribution in [0.1, 0.15) is 88.5 Å². The summed E-state index contributed by atoms with van der Waals surface area (Å²) in [4.78, 5) is 135. The van der Waals surface area contributed by atoms with E-state index in [1.165, 1.54) is 19.4 Å². The lowest BCUT2D eigenvalue weighted by Gasteiger charge is -2.28. The van der Waals surface area contributed by atoms with Gasteiger partial charge in [-0.2, -0.15) is 0 Å². The molecule has 74 heavy (non-hydrogen) atoms. The van der Waals surface area contributed by atoms with Gasteiger partial charge in [0.05, 0.1) is 18.4 Å². The Kier molecular flexibility index (Phi) is 21.9. The van der Waals surface area contributed by atoms with Crippen molar-refractivity contribution in [1.82, 2.24) is 62.8 Å². The van der Waals surface area contributed by atoms with Crippen LogP contribution in [-0.4, -0.2) is 129 Å². The zero-order valence-corrected chi connectivity index (χ0v) is 41.6. The van der Waals surface area contributed by atoms with Crippen molar-refractivity contribution in [3.8, 4) is 0 Å². The number of carbonyl (C=O) groups excluding carboxylic acids is 9. The molecular formula is C50H69N15O9. The van der Waals surface area contributed by atoms with Crippen LogP contribution in [0.3, 0.4) is 0 Å². The minimum absolute atomic E-state index is 0.0166. The van der Waals surface area contributed by atoms with Gasteiger partial charge >= 0.3 is 0 Å². The van der Waals surface area contributed by atoms with Gasteiger partial charge in [0, 0.05) is 62.6 Å². The van der Waals surface area contributed by atoms with Crippen LogP contribution in [0.15, 0.2) is 73.3 Å². The van der Waals surface area contributed by atoms with Crippen LogP contribution in [0.5, 0.6) is 0 Å². The molecule has 1 fully saturated rings. The van der Waals surface area contributed by atoms with Gasteiger partial charge in [-0.25, -0.2) is 4.98 Å². The topological polar surface area (TPSA) is 382 Å². The predicted molar refractivity (Wildman–Crippen MR) is 273 cm³/mol. The third-order valence-corrected chi connectivity index (χ3v) is 12.3. The van der Waals surface area contributed by atoms with Crippen LogP contribution in [-0.2, 0) is 62.4 Å². The van der Waals surface area contributed by atoms with Gasteiger partial charge in [0.2, 0.25) is 53.2 Å². The highest BCUT2D eigenvalue weighted by Gasteiger charge is 2.35. The molecule has 16 N–H and O–H groups in total. The second-order valence-electron chi connectivity index (χ2n) is 18.2. The van der Waals surface area contributed by atoms with Crippen molar-refractivity contribution in [2.45, 2.75) is 133 Å². The summed E-state index contributed by atoms with van der Waals surface area (Å²) in [5, 5.41) is 32.4. The molecule has 2 aromatic heterocycles. The number of carbonyl (C=O) groups is 9. The zero-order chi connectivity index (χ0) is 53.6. The van der Waals surface area contributed by atoms with E-state index in [1.54, 1.807) is 36.5 Å². The number of rotatable bonds is 17. The van der Waals surface area contributed by atoms with E-state index in [2.05, 4.69) is 62.8 Å². The molecule has 0 spiro atoms. The van der Waals surface area contributed by atoms with Gasteiger partial charge in [-0.05, 0) is 55.7 Å². The molecule has 2 aromatic carbocycles. The SMILES string of the molecule is CCCC[C@H]1NC(=O)[C@@H](Cc2ccccc2)NC(=O)[C@H](Cc2c[nH]cn2)NC(=O)[C@@H](NC(=O)[C@H](CCCNC(=N)N)NC(C)=O)CC(=O)NCCCC[C@@H](C(N)=O)NC(=O)[C@H](Cc2c[nH]c3ccccc23)NC1=O. The third kappa shape index (κ3) is 18.1. The summed E-state index contributed by atoms with van der Waals surface area (Å²) in [5.74, 6) is -7.22. The molecule has 9 amide bonds. The molecule has 1 aliphatic rings. The molecule has 3 heterocycles. The molecule has 24 heteroatoms. The van der Waals surface area contributed by atoms with E-state index in [9.17, 15) is 43.2 Å². The number of fused-ring (bicyclic) bond motifs is 1. The summed E-state index contributed by atoms with van der Waals surface area (Å²) in [6.45, 7) is 3.32. The summed E-state index contributed by atoms with van der Waals surface area (Å²) >= 11 is 0. The Balaban J connectivity index is 1.52. The minimum atomic E-state index is -1.63. The van der Waals surface area contributed by atoms with Crippen molar-refractivity contribution in [3.63, 3.8) is 0 Å². The Bertz CT molecular complexity index is 2570. The molecule has 0 bridgehead atoms. The normalized spacial score (nSPS) is 21.3. The number of hydrogen-bond donors (Lipinski definition) is 14. The molecule has 0 radical (unpaired) electrons. The van der Waals surface area contributed by atoms with Crippen molar-refractivity contribution < 1.29 is 43.2 Å². The molecule has 5 rings (SSSR count). The highest BCUT2D eigenvalue weighted by Crippen LogP contribution is 2.20. The van der Waals surface area contributed by atoms with Crippen molar-refractivity contribution in [1.29, 1.82) is 5.41 Å². The number of unbranched alkanes of at least 4 members (excludes halogenated alkanes) is 1. The summed E-state index contributed by atoms with van der Waals surface area (Å²) < 4.78 is 0. The van der Waals surface area contributed by atoms with Gasteiger partial charge < -0.3 is 69.3 Å². The molecule has 24 nitrogen and oxygen atoms in total. The lowest BCUT2D eigenvalue weighted by atomic mass is 10.0. The van der Waals surface area contributed by atoms with E-state index in [0.29, 0.717) is 29.7 Å². The van der Waals surface area contributed by atoms with E-state index in [1.807, 2.05) is 31.2 Å². The number of amides is 9. The van der Waals surface area contributed by atoms with E-state index in [0.717, 1.165) is 10.9 Å². The predicted octanol–water partition coefficient (Wildman–Crippen LogP) is -1.04. The fourth-order valence-electron chi connectivity index (χ4n) is 8.42. The summed E-state index contributed by atoms with van der Waals surface area (Å²) in [6.07, 6.45) is 5.78. The lowest BCUT2D eigenvalue weighted by molar-refractivity contribution is -0.136. The van der Waals surface area contributed by atoms with E-state index in [-0.39, 0.29) is 76.8 Å². The summed E-state index contributed by atoms with van der Waals surface area (Å²) in [5.41, 5.74) is 13.6. The molecule has 0 saturated carbocycles. The number of H-pyrrole nitrogens is 2. The minimum Gasteiger partial charge on any atom is -0.370 e. The number of aromatic nitrogens is 3.